The Balaban J connectivity index is 2.93. The Morgan fingerprint density at radius 1 is 1.33 bits per heavy atom. The zero-order valence-electron chi connectivity index (χ0n) is 7.85. The fraction of sp³-hybridized carbons (Fsp3) is 0.273. The predicted molar refractivity (Wildman–Crippen MR) is 56.6 cm³/mol. The molecule has 64 valence electrons. The van der Waals surface area contributed by atoms with Crippen molar-refractivity contribution in [3.63, 3.8) is 0 Å². The van der Waals surface area contributed by atoms with Gasteiger partial charge in [0.25, 0.3) is 0 Å². The third-order valence-electron chi connectivity index (χ3n) is 1.61. The minimum atomic E-state index is 1.14. The molecule has 0 nitrogen and oxygen atoms in total. The SMILES string of the molecule is C=C(C)Sc1ccc(C)cc1C. The molecule has 1 heteroatoms. The van der Waals surface area contributed by atoms with Gasteiger partial charge in [0.1, 0.15) is 0 Å². The smallest absolute Gasteiger partial charge is 0.0148 e. The van der Waals surface area contributed by atoms with E-state index in [-0.39, 0.29) is 0 Å². The second kappa shape index (κ2) is 3.81. The molecule has 0 unspecified atom stereocenters. The van der Waals surface area contributed by atoms with Crippen molar-refractivity contribution in [1.82, 2.24) is 0 Å². The van der Waals surface area contributed by atoms with Crippen molar-refractivity contribution in [3.8, 4) is 0 Å². The number of rotatable bonds is 2. The highest BCUT2D eigenvalue weighted by atomic mass is 32.2. The molecule has 0 N–H and O–H groups in total. The van der Waals surface area contributed by atoms with E-state index < -0.39 is 0 Å². The van der Waals surface area contributed by atoms with Crippen molar-refractivity contribution in [3.05, 3.63) is 40.8 Å². The number of aryl methyl sites for hydroxylation is 2. The van der Waals surface area contributed by atoms with Crippen molar-refractivity contribution >= 4 is 11.8 Å². The third kappa shape index (κ3) is 2.42. The van der Waals surface area contributed by atoms with Crippen LogP contribution in [0.25, 0.3) is 0 Å². The lowest BCUT2D eigenvalue weighted by molar-refractivity contribution is 1.27. The van der Waals surface area contributed by atoms with Gasteiger partial charge in [-0.1, -0.05) is 36.0 Å². The van der Waals surface area contributed by atoms with E-state index in [2.05, 4.69) is 38.6 Å². The van der Waals surface area contributed by atoms with Gasteiger partial charge in [0.15, 0.2) is 0 Å². The molecule has 0 bridgehead atoms. The molecule has 1 rings (SSSR count). The number of benzene rings is 1. The quantitative estimate of drug-likeness (QED) is 0.618. The molecule has 0 heterocycles. The van der Waals surface area contributed by atoms with Crippen LogP contribution in [-0.2, 0) is 0 Å². The van der Waals surface area contributed by atoms with Crippen LogP contribution in [0.1, 0.15) is 18.1 Å². The Morgan fingerprint density at radius 3 is 2.50 bits per heavy atom. The summed E-state index contributed by atoms with van der Waals surface area (Å²) < 4.78 is 0. The zero-order valence-corrected chi connectivity index (χ0v) is 8.66. The van der Waals surface area contributed by atoms with Crippen LogP contribution in [0.4, 0.5) is 0 Å². The average Bonchev–Trinajstić information content (AvgIpc) is 1.94. The highest BCUT2D eigenvalue weighted by molar-refractivity contribution is 8.03. The number of hydrogen-bond donors (Lipinski definition) is 0. The first-order valence-electron chi connectivity index (χ1n) is 4.00. The van der Waals surface area contributed by atoms with Gasteiger partial charge in [-0.15, -0.1) is 0 Å². The molecule has 0 spiro atoms. The summed E-state index contributed by atoms with van der Waals surface area (Å²) in [7, 11) is 0. The maximum Gasteiger partial charge on any atom is 0.0148 e. The van der Waals surface area contributed by atoms with E-state index in [0.29, 0.717) is 0 Å². The summed E-state index contributed by atoms with van der Waals surface area (Å²) in [5, 5.41) is 0. The standard InChI is InChI=1S/C11H14S/c1-8(2)12-11-6-5-9(3)7-10(11)4/h5-7H,1H2,2-4H3. The Hall–Kier alpha value is -0.690. The number of allylic oxidation sites excluding steroid dienone is 1. The summed E-state index contributed by atoms with van der Waals surface area (Å²) >= 11 is 1.74. The zero-order chi connectivity index (χ0) is 9.14. The van der Waals surface area contributed by atoms with E-state index in [1.54, 1.807) is 11.8 Å². The molecule has 0 atom stereocenters. The van der Waals surface area contributed by atoms with Crippen molar-refractivity contribution in [2.24, 2.45) is 0 Å². The molecule has 0 aliphatic heterocycles. The van der Waals surface area contributed by atoms with Crippen LogP contribution in [-0.4, -0.2) is 0 Å². The van der Waals surface area contributed by atoms with Gasteiger partial charge in [-0.2, -0.15) is 0 Å². The minimum absolute atomic E-state index is 1.14. The van der Waals surface area contributed by atoms with Crippen molar-refractivity contribution in [2.75, 3.05) is 0 Å². The van der Waals surface area contributed by atoms with E-state index in [1.165, 1.54) is 16.0 Å². The van der Waals surface area contributed by atoms with E-state index in [4.69, 9.17) is 0 Å². The monoisotopic (exact) mass is 178 g/mol. The van der Waals surface area contributed by atoms with Crippen LogP contribution in [0.15, 0.2) is 34.6 Å². The van der Waals surface area contributed by atoms with Gasteiger partial charge in [0.2, 0.25) is 0 Å². The summed E-state index contributed by atoms with van der Waals surface area (Å²) in [5.74, 6) is 0. The fourth-order valence-corrected chi connectivity index (χ4v) is 1.83. The van der Waals surface area contributed by atoms with Crippen LogP contribution in [0, 0.1) is 13.8 Å². The summed E-state index contributed by atoms with van der Waals surface area (Å²) in [4.78, 5) is 2.45. The largest absolute Gasteiger partial charge is 0.0952 e. The minimum Gasteiger partial charge on any atom is -0.0952 e. The summed E-state index contributed by atoms with van der Waals surface area (Å²) in [6.07, 6.45) is 0. The Bertz CT molecular complexity index is 300. The first-order valence-corrected chi connectivity index (χ1v) is 4.82. The molecular formula is C11H14S. The Kier molecular flexibility index (Phi) is 2.99. The fourth-order valence-electron chi connectivity index (χ4n) is 1.10. The third-order valence-corrected chi connectivity index (χ3v) is 2.64. The number of thioether (sulfide) groups is 1. The van der Waals surface area contributed by atoms with Crippen LogP contribution in [0.5, 0.6) is 0 Å². The molecule has 0 saturated heterocycles. The Labute approximate surface area is 78.7 Å². The highest BCUT2D eigenvalue weighted by Gasteiger charge is 1.98. The molecule has 0 amide bonds. The second-order valence-corrected chi connectivity index (χ2v) is 4.41. The topological polar surface area (TPSA) is 0 Å². The van der Waals surface area contributed by atoms with Gasteiger partial charge < -0.3 is 0 Å². The lowest BCUT2D eigenvalue weighted by Crippen LogP contribution is -1.80. The first-order chi connectivity index (χ1) is 5.59. The van der Waals surface area contributed by atoms with Crippen LogP contribution >= 0.6 is 11.8 Å². The van der Waals surface area contributed by atoms with E-state index in [0.717, 1.165) is 4.91 Å². The van der Waals surface area contributed by atoms with E-state index >= 15 is 0 Å². The van der Waals surface area contributed by atoms with Gasteiger partial charge >= 0.3 is 0 Å². The van der Waals surface area contributed by atoms with Crippen molar-refractivity contribution < 1.29 is 0 Å². The molecule has 0 fully saturated rings. The molecule has 0 aliphatic carbocycles. The van der Waals surface area contributed by atoms with E-state index in [9.17, 15) is 0 Å². The van der Waals surface area contributed by atoms with Gasteiger partial charge in [-0.25, -0.2) is 0 Å². The van der Waals surface area contributed by atoms with Crippen molar-refractivity contribution in [2.45, 2.75) is 25.7 Å². The highest BCUT2D eigenvalue weighted by Crippen LogP contribution is 2.28. The Morgan fingerprint density at radius 2 is 2.00 bits per heavy atom. The van der Waals surface area contributed by atoms with Gasteiger partial charge in [-0.3, -0.25) is 0 Å². The number of hydrogen-bond acceptors (Lipinski definition) is 1. The molecule has 0 aliphatic rings. The summed E-state index contributed by atoms with van der Waals surface area (Å²) in [5.41, 5.74) is 2.65. The maximum absolute atomic E-state index is 3.88. The summed E-state index contributed by atoms with van der Waals surface area (Å²) in [6.45, 7) is 10.2. The molecule has 0 aromatic heterocycles. The predicted octanol–water partition coefficient (Wildman–Crippen LogP) is 3.93. The first kappa shape index (κ1) is 9.40. The maximum atomic E-state index is 3.88. The van der Waals surface area contributed by atoms with Crippen LogP contribution in [0.3, 0.4) is 0 Å². The molecular weight excluding hydrogens is 164 g/mol. The van der Waals surface area contributed by atoms with Crippen molar-refractivity contribution in [1.29, 1.82) is 0 Å². The lowest BCUT2D eigenvalue weighted by Gasteiger charge is -2.05. The molecule has 0 saturated carbocycles. The van der Waals surface area contributed by atoms with E-state index in [1.807, 2.05) is 6.92 Å². The van der Waals surface area contributed by atoms with Gasteiger partial charge in [0.05, 0.1) is 0 Å². The molecule has 12 heavy (non-hydrogen) atoms. The van der Waals surface area contributed by atoms with Crippen LogP contribution < -0.4 is 0 Å². The second-order valence-electron chi connectivity index (χ2n) is 3.07. The van der Waals surface area contributed by atoms with Crippen LogP contribution in [0.2, 0.25) is 0 Å². The summed E-state index contributed by atoms with van der Waals surface area (Å²) in [6, 6.07) is 6.49. The normalized spacial score (nSPS) is 9.92. The molecule has 1 aromatic carbocycles. The molecule has 1 aromatic rings. The van der Waals surface area contributed by atoms with Gasteiger partial charge in [-0.05, 0) is 37.3 Å². The molecule has 0 radical (unpaired) electrons. The average molecular weight is 178 g/mol. The van der Waals surface area contributed by atoms with Gasteiger partial charge in [0, 0.05) is 4.90 Å². The lowest BCUT2D eigenvalue weighted by atomic mass is 10.2.